The predicted molar refractivity (Wildman–Crippen MR) is 216 cm³/mol. The summed E-state index contributed by atoms with van der Waals surface area (Å²) in [6.07, 6.45) is 20.4. The van der Waals surface area contributed by atoms with Crippen molar-refractivity contribution in [2.24, 2.45) is 4.99 Å². The fourth-order valence-corrected chi connectivity index (χ4v) is 5.10. The van der Waals surface area contributed by atoms with E-state index in [2.05, 4.69) is 29.9 Å². The Morgan fingerprint density at radius 1 is 0.732 bits per heavy atom. The van der Waals surface area contributed by atoms with E-state index in [1.54, 1.807) is 38.0 Å². The molecule has 12 heteroatoms. The fourth-order valence-electron chi connectivity index (χ4n) is 5.10. The third-order valence-electron chi connectivity index (χ3n) is 7.87. The van der Waals surface area contributed by atoms with E-state index in [4.69, 9.17) is 4.84 Å². The van der Waals surface area contributed by atoms with Crippen LogP contribution in [0.25, 0.3) is 22.8 Å². The molecule has 5 aromatic rings. The Kier molecular flexibility index (Phi) is 21.5. The van der Waals surface area contributed by atoms with Crippen LogP contribution in [0.4, 0.5) is 0 Å². The number of hydroxylamine groups is 2. The van der Waals surface area contributed by atoms with Crippen LogP contribution in [0.15, 0.2) is 139 Å². The van der Waals surface area contributed by atoms with E-state index in [9.17, 15) is 14.4 Å². The van der Waals surface area contributed by atoms with Crippen LogP contribution >= 0.6 is 0 Å². The van der Waals surface area contributed by atoms with Crippen LogP contribution in [0.1, 0.15) is 62.3 Å². The average molecular weight is 840 g/mol. The van der Waals surface area contributed by atoms with Gasteiger partial charge in [-0.05, 0) is 111 Å². The molecule has 0 N–H and O–H groups in total. The maximum atomic E-state index is 11.8. The molecule has 6 rings (SSSR count). The summed E-state index contributed by atoms with van der Waals surface area (Å²) in [6, 6.07) is 25.4. The number of nitrogens with zero attached hydrogens (tertiary/aromatic N) is 7. The van der Waals surface area contributed by atoms with Gasteiger partial charge in [0.2, 0.25) is 0 Å². The first-order valence-electron chi connectivity index (χ1n) is 17.8. The van der Waals surface area contributed by atoms with Gasteiger partial charge in [-0.1, -0.05) is 42.8 Å². The molecule has 1 radical (unpaired) electrons. The second kappa shape index (κ2) is 26.0. The van der Waals surface area contributed by atoms with Gasteiger partial charge in [0.1, 0.15) is 0 Å². The van der Waals surface area contributed by atoms with Crippen molar-refractivity contribution in [2.45, 2.75) is 58.8 Å². The molecule has 1 aliphatic heterocycles. The van der Waals surface area contributed by atoms with Crippen molar-refractivity contribution in [3.8, 4) is 22.8 Å². The minimum absolute atomic E-state index is 0. The molecular weight excluding hydrogens is 792 g/mol. The molecule has 0 unspecified atom stereocenters. The van der Waals surface area contributed by atoms with Gasteiger partial charge >= 0.3 is 25.4 Å². The fraction of sp³-hybridized carbons (Fsp3) is 0.227. The Morgan fingerprint density at radius 3 is 1.88 bits per heavy atom. The Bertz CT molecular complexity index is 1970. The first-order valence-corrected chi connectivity index (χ1v) is 17.8. The van der Waals surface area contributed by atoms with Crippen molar-refractivity contribution in [3.05, 3.63) is 158 Å². The quantitative estimate of drug-likeness (QED) is 0.0303. The van der Waals surface area contributed by atoms with Crippen molar-refractivity contribution < 1.29 is 38.7 Å². The summed E-state index contributed by atoms with van der Waals surface area (Å²) >= 11 is 0. The number of amides is 2. The number of carbonyl (C=O) groups is 3. The Hall–Kier alpha value is -5.87. The van der Waals surface area contributed by atoms with Crippen molar-refractivity contribution in [1.29, 1.82) is 0 Å². The molecule has 0 aromatic carbocycles. The molecule has 0 aliphatic carbocycles. The monoisotopic (exact) mass is 840 g/mol. The number of hydrogen-bond acceptors (Lipinski definition) is 10. The predicted octanol–water partition coefficient (Wildman–Crippen LogP) is 8.39. The number of rotatable bonds is 12. The third-order valence-corrected chi connectivity index (χ3v) is 7.87. The van der Waals surface area contributed by atoms with E-state index < -0.39 is 17.8 Å². The molecular formula is C44H48N7O4Ru+2. The number of aromatic nitrogens is 5. The van der Waals surface area contributed by atoms with Gasteiger partial charge < -0.3 is 12.3 Å². The van der Waals surface area contributed by atoms with Crippen LogP contribution in [0.2, 0.25) is 0 Å². The van der Waals surface area contributed by atoms with Crippen molar-refractivity contribution in [3.63, 3.8) is 0 Å². The molecule has 1 fully saturated rings. The standard InChI is InChI=1S/C21H23N3O4.C12H14N2.C10H8N2.CH3.Ru/c1-15-9-11-22-17(13-15)18-14-16(10-12-23-18)5-3-2-4-6-21(27)28-24-19(25)7-8-20(24)26;1-3-4-5-8-11(13-2)12-9-6-7-10-14-12;1-3-7-11-9(5-1)10-6-2-4-8-12-10;;/h9-14H,2-8H2,1H3;3-10H,1-2H3;1-8H;1H3;/q;;;-1;+3/b;4-3-,8-5-,13-11?;;;. The summed E-state index contributed by atoms with van der Waals surface area (Å²) in [5.41, 5.74) is 7.64. The van der Waals surface area contributed by atoms with Crippen molar-refractivity contribution in [1.82, 2.24) is 30.0 Å². The molecule has 2 amide bonds. The zero-order chi connectivity index (χ0) is 38.4. The number of aryl methyl sites for hydroxylation is 2. The van der Waals surface area contributed by atoms with Crippen LogP contribution in [0, 0.1) is 14.4 Å². The Balaban J connectivity index is 0.000000323. The topological polar surface area (TPSA) is 140 Å². The SMILES string of the molecule is C/C=C\C=C/C(=NC)c1ccccn1.Cc1ccnc(-c2cc(CCCCCC(=O)ON3C(=O)CCC3=O)ccn2)c1.[CH3-].[Ru+3].c1ccc(-c2ccccn2)nc1. The van der Waals surface area contributed by atoms with Crippen molar-refractivity contribution >= 4 is 23.5 Å². The Labute approximate surface area is 342 Å². The summed E-state index contributed by atoms with van der Waals surface area (Å²) in [5.74, 6) is -1.44. The van der Waals surface area contributed by atoms with Gasteiger partial charge in [-0.25, -0.2) is 4.79 Å². The van der Waals surface area contributed by atoms with E-state index in [1.807, 2.05) is 117 Å². The first kappa shape index (κ1) is 46.3. The summed E-state index contributed by atoms with van der Waals surface area (Å²) in [7, 11) is 1.77. The minimum Gasteiger partial charge on any atom is -0.358 e. The zero-order valence-electron chi connectivity index (χ0n) is 32.3. The van der Waals surface area contributed by atoms with E-state index in [-0.39, 0.29) is 46.2 Å². The van der Waals surface area contributed by atoms with Crippen LogP contribution < -0.4 is 0 Å². The van der Waals surface area contributed by atoms with E-state index in [0.29, 0.717) is 11.5 Å². The first-order chi connectivity index (χ1) is 26.4. The summed E-state index contributed by atoms with van der Waals surface area (Å²) in [6.45, 7) is 4.00. The van der Waals surface area contributed by atoms with E-state index in [0.717, 1.165) is 59.0 Å². The summed E-state index contributed by atoms with van der Waals surface area (Å²) in [4.78, 5) is 65.0. The number of aliphatic imine (C=N–C) groups is 1. The average Bonchev–Trinajstić information content (AvgIpc) is 3.53. The number of allylic oxidation sites excluding steroid dienone is 4. The maximum Gasteiger partial charge on any atom is 3.00 e. The molecule has 1 aliphatic rings. The smallest absolute Gasteiger partial charge is 0.358 e. The van der Waals surface area contributed by atoms with Gasteiger partial charge in [0.15, 0.2) is 0 Å². The number of imide groups is 1. The molecule has 5 aromatic heterocycles. The van der Waals surface area contributed by atoms with Crippen LogP contribution in [0.5, 0.6) is 0 Å². The van der Waals surface area contributed by atoms with Gasteiger partial charge in [0.25, 0.3) is 11.8 Å². The largest absolute Gasteiger partial charge is 3.00 e. The molecule has 0 saturated carbocycles. The summed E-state index contributed by atoms with van der Waals surface area (Å²) < 4.78 is 0. The summed E-state index contributed by atoms with van der Waals surface area (Å²) in [5, 5.41) is 0.597. The van der Waals surface area contributed by atoms with Gasteiger partial charge in [-0.3, -0.25) is 39.5 Å². The second-order valence-corrected chi connectivity index (χ2v) is 12.0. The van der Waals surface area contributed by atoms with Crippen LogP contribution in [-0.2, 0) is 45.1 Å². The molecule has 0 spiro atoms. The minimum atomic E-state index is -0.541. The number of unbranched alkanes of at least 4 members (excludes halogenated alkanes) is 2. The Morgan fingerprint density at radius 2 is 1.32 bits per heavy atom. The molecule has 6 heterocycles. The third kappa shape index (κ3) is 15.9. The normalized spacial score (nSPS) is 12.2. The van der Waals surface area contributed by atoms with Gasteiger partial charge in [-0.2, -0.15) is 0 Å². The zero-order valence-corrected chi connectivity index (χ0v) is 34.0. The number of hydrogen-bond donors (Lipinski definition) is 0. The second-order valence-electron chi connectivity index (χ2n) is 12.0. The molecule has 289 valence electrons. The molecule has 56 heavy (non-hydrogen) atoms. The maximum absolute atomic E-state index is 11.8. The van der Waals surface area contributed by atoms with E-state index >= 15 is 0 Å². The van der Waals surface area contributed by atoms with Gasteiger partial charge in [0.05, 0.1) is 34.2 Å². The molecule has 11 nitrogen and oxygen atoms in total. The van der Waals surface area contributed by atoms with Crippen molar-refractivity contribution in [2.75, 3.05) is 7.05 Å². The molecule has 1 saturated heterocycles. The number of pyridine rings is 5. The number of carbonyl (C=O) groups excluding carboxylic acids is 3. The molecule has 0 atom stereocenters. The van der Waals surface area contributed by atoms with Crippen LogP contribution in [0.3, 0.4) is 0 Å². The van der Waals surface area contributed by atoms with Gasteiger partial charge in [-0.15, -0.1) is 5.06 Å². The van der Waals surface area contributed by atoms with Gasteiger partial charge in [0, 0.05) is 57.3 Å². The van der Waals surface area contributed by atoms with E-state index in [1.165, 1.54) is 5.56 Å². The van der Waals surface area contributed by atoms with Crippen LogP contribution in [-0.4, -0.2) is 60.5 Å². The molecule has 0 bridgehead atoms.